The Labute approximate surface area is 138 Å². The van der Waals surface area contributed by atoms with Crippen LogP contribution in [-0.2, 0) is 6.54 Å². The number of rotatable bonds is 3. The van der Waals surface area contributed by atoms with Gasteiger partial charge in [-0.25, -0.2) is 0 Å². The maximum Gasteiger partial charge on any atom is 0.253 e. The standard InChI is InChI=1S/C16H11Br2NO2/c17-12-2-1-3-13(18)15(12)16(20)19-9-10-4-5-11-6-7-21-14(11)8-10/h1-8H,9H2,(H,19,20). The molecule has 0 aliphatic rings. The number of benzene rings is 2. The summed E-state index contributed by atoms with van der Waals surface area (Å²) in [5, 5.41) is 3.97. The maximum atomic E-state index is 12.3. The zero-order valence-electron chi connectivity index (χ0n) is 10.9. The Hall–Kier alpha value is -1.59. The minimum absolute atomic E-state index is 0.131. The van der Waals surface area contributed by atoms with Crippen molar-refractivity contribution in [3.05, 3.63) is 68.8 Å². The van der Waals surface area contributed by atoms with Crippen molar-refractivity contribution < 1.29 is 9.21 Å². The van der Waals surface area contributed by atoms with E-state index in [4.69, 9.17) is 4.42 Å². The molecule has 0 aliphatic heterocycles. The van der Waals surface area contributed by atoms with Crippen LogP contribution in [0.5, 0.6) is 0 Å². The highest BCUT2D eigenvalue weighted by Crippen LogP contribution is 2.25. The summed E-state index contributed by atoms with van der Waals surface area (Å²) < 4.78 is 6.88. The molecule has 0 fully saturated rings. The molecule has 106 valence electrons. The summed E-state index contributed by atoms with van der Waals surface area (Å²) in [7, 11) is 0. The van der Waals surface area contributed by atoms with Crippen molar-refractivity contribution in [2.75, 3.05) is 0 Å². The molecular formula is C16H11Br2NO2. The number of furan rings is 1. The summed E-state index contributed by atoms with van der Waals surface area (Å²) in [5.74, 6) is -0.131. The van der Waals surface area contributed by atoms with E-state index in [2.05, 4.69) is 37.2 Å². The molecule has 0 spiro atoms. The highest BCUT2D eigenvalue weighted by molar-refractivity contribution is 9.11. The molecule has 0 aliphatic carbocycles. The topological polar surface area (TPSA) is 42.2 Å². The molecule has 1 heterocycles. The molecule has 21 heavy (non-hydrogen) atoms. The van der Waals surface area contributed by atoms with E-state index in [-0.39, 0.29) is 5.91 Å². The molecule has 1 N–H and O–H groups in total. The highest BCUT2D eigenvalue weighted by Gasteiger charge is 2.13. The SMILES string of the molecule is O=C(NCc1ccc2ccoc2c1)c1c(Br)cccc1Br. The van der Waals surface area contributed by atoms with Gasteiger partial charge in [0, 0.05) is 20.9 Å². The van der Waals surface area contributed by atoms with E-state index in [9.17, 15) is 4.79 Å². The zero-order valence-corrected chi connectivity index (χ0v) is 14.1. The molecule has 3 rings (SSSR count). The Bertz CT molecular complexity index is 791. The number of halogens is 2. The first-order chi connectivity index (χ1) is 10.1. The minimum atomic E-state index is -0.131. The van der Waals surface area contributed by atoms with Gasteiger partial charge in [-0.15, -0.1) is 0 Å². The van der Waals surface area contributed by atoms with E-state index in [0.717, 1.165) is 25.5 Å². The smallest absolute Gasteiger partial charge is 0.253 e. The highest BCUT2D eigenvalue weighted by atomic mass is 79.9. The van der Waals surface area contributed by atoms with Crippen LogP contribution in [0.15, 0.2) is 62.1 Å². The molecule has 3 aromatic rings. The normalized spacial score (nSPS) is 10.8. The first kappa shape index (κ1) is 14.4. The van der Waals surface area contributed by atoms with Crippen LogP contribution >= 0.6 is 31.9 Å². The Morgan fingerprint density at radius 2 is 1.86 bits per heavy atom. The van der Waals surface area contributed by atoms with Crippen molar-refractivity contribution in [2.24, 2.45) is 0 Å². The average molecular weight is 409 g/mol. The lowest BCUT2D eigenvalue weighted by molar-refractivity contribution is 0.0949. The Kier molecular flexibility index (Phi) is 4.12. The Morgan fingerprint density at radius 1 is 1.10 bits per heavy atom. The van der Waals surface area contributed by atoms with E-state index in [0.29, 0.717) is 12.1 Å². The van der Waals surface area contributed by atoms with Crippen LogP contribution in [0, 0.1) is 0 Å². The summed E-state index contributed by atoms with van der Waals surface area (Å²) in [6.07, 6.45) is 1.66. The second kappa shape index (κ2) is 6.03. The van der Waals surface area contributed by atoms with Crippen LogP contribution in [0.25, 0.3) is 11.0 Å². The first-order valence-corrected chi connectivity index (χ1v) is 7.92. The fourth-order valence-electron chi connectivity index (χ4n) is 2.09. The van der Waals surface area contributed by atoms with Crippen LogP contribution in [0.4, 0.5) is 0 Å². The van der Waals surface area contributed by atoms with Crippen molar-refractivity contribution in [3.8, 4) is 0 Å². The van der Waals surface area contributed by atoms with E-state index >= 15 is 0 Å². The molecule has 5 heteroatoms. The lowest BCUT2D eigenvalue weighted by Gasteiger charge is -2.09. The van der Waals surface area contributed by atoms with Gasteiger partial charge in [-0.3, -0.25) is 4.79 Å². The third-order valence-electron chi connectivity index (χ3n) is 3.16. The molecular weight excluding hydrogens is 398 g/mol. The van der Waals surface area contributed by atoms with Crippen molar-refractivity contribution in [2.45, 2.75) is 6.54 Å². The predicted molar refractivity (Wildman–Crippen MR) is 89.2 cm³/mol. The van der Waals surface area contributed by atoms with E-state index < -0.39 is 0 Å². The zero-order chi connectivity index (χ0) is 14.8. The quantitative estimate of drug-likeness (QED) is 0.670. The van der Waals surface area contributed by atoms with Gasteiger partial charge in [0.05, 0.1) is 11.8 Å². The summed E-state index contributed by atoms with van der Waals surface area (Å²) >= 11 is 6.79. The monoisotopic (exact) mass is 407 g/mol. The molecule has 0 saturated heterocycles. The lowest BCUT2D eigenvalue weighted by atomic mass is 10.1. The molecule has 1 aromatic heterocycles. The number of amides is 1. The number of carbonyl (C=O) groups is 1. The number of carbonyl (C=O) groups excluding carboxylic acids is 1. The number of nitrogens with one attached hydrogen (secondary N) is 1. The van der Waals surface area contributed by atoms with Gasteiger partial charge >= 0.3 is 0 Å². The van der Waals surface area contributed by atoms with E-state index in [1.165, 1.54) is 0 Å². The molecule has 2 aromatic carbocycles. The van der Waals surface area contributed by atoms with Crippen molar-refractivity contribution in [1.29, 1.82) is 0 Å². The van der Waals surface area contributed by atoms with Crippen molar-refractivity contribution in [1.82, 2.24) is 5.32 Å². The summed E-state index contributed by atoms with van der Waals surface area (Å²) in [6.45, 7) is 0.448. The summed E-state index contributed by atoms with van der Waals surface area (Å²) in [4.78, 5) is 12.3. The predicted octanol–water partition coefficient (Wildman–Crippen LogP) is 4.89. The maximum absolute atomic E-state index is 12.3. The van der Waals surface area contributed by atoms with Gasteiger partial charge in [0.25, 0.3) is 5.91 Å². The van der Waals surface area contributed by atoms with Gasteiger partial charge in [0.2, 0.25) is 0 Å². The lowest BCUT2D eigenvalue weighted by Crippen LogP contribution is -2.23. The van der Waals surface area contributed by atoms with Crippen LogP contribution in [0.1, 0.15) is 15.9 Å². The Morgan fingerprint density at radius 3 is 2.62 bits per heavy atom. The minimum Gasteiger partial charge on any atom is -0.464 e. The van der Waals surface area contributed by atoms with Gasteiger partial charge in [0.15, 0.2) is 0 Å². The second-order valence-electron chi connectivity index (χ2n) is 4.57. The van der Waals surface area contributed by atoms with Gasteiger partial charge in [0.1, 0.15) is 5.58 Å². The fourth-order valence-corrected chi connectivity index (χ4v) is 3.45. The van der Waals surface area contributed by atoms with Crippen LogP contribution in [-0.4, -0.2) is 5.91 Å². The average Bonchev–Trinajstić information content (AvgIpc) is 2.92. The summed E-state index contributed by atoms with van der Waals surface area (Å²) in [5.41, 5.74) is 2.41. The van der Waals surface area contributed by atoms with Gasteiger partial charge in [-0.2, -0.15) is 0 Å². The van der Waals surface area contributed by atoms with Crippen LogP contribution in [0.3, 0.4) is 0 Å². The van der Waals surface area contributed by atoms with Crippen molar-refractivity contribution >= 4 is 48.7 Å². The van der Waals surface area contributed by atoms with Crippen LogP contribution in [0.2, 0.25) is 0 Å². The van der Waals surface area contributed by atoms with E-state index in [1.807, 2.05) is 42.5 Å². The largest absolute Gasteiger partial charge is 0.464 e. The molecule has 0 unspecified atom stereocenters. The third kappa shape index (κ3) is 3.04. The van der Waals surface area contributed by atoms with Crippen molar-refractivity contribution in [3.63, 3.8) is 0 Å². The molecule has 0 atom stereocenters. The number of fused-ring (bicyclic) bond motifs is 1. The van der Waals surface area contributed by atoms with Gasteiger partial charge < -0.3 is 9.73 Å². The second-order valence-corrected chi connectivity index (χ2v) is 6.28. The molecule has 0 bridgehead atoms. The fraction of sp³-hybridized carbons (Fsp3) is 0.0625. The van der Waals surface area contributed by atoms with Crippen LogP contribution < -0.4 is 5.32 Å². The van der Waals surface area contributed by atoms with E-state index in [1.54, 1.807) is 6.26 Å². The molecule has 0 radical (unpaired) electrons. The van der Waals surface area contributed by atoms with Gasteiger partial charge in [-0.1, -0.05) is 18.2 Å². The molecule has 1 amide bonds. The Balaban J connectivity index is 1.76. The number of hydrogen-bond acceptors (Lipinski definition) is 2. The van der Waals surface area contributed by atoms with Gasteiger partial charge in [-0.05, 0) is 61.7 Å². The third-order valence-corrected chi connectivity index (χ3v) is 4.49. The molecule has 3 nitrogen and oxygen atoms in total. The first-order valence-electron chi connectivity index (χ1n) is 6.33. The number of hydrogen-bond donors (Lipinski definition) is 1. The molecule has 0 saturated carbocycles. The summed E-state index contributed by atoms with van der Waals surface area (Å²) in [6, 6.07) is 13.4.